The molecule has 2 saturated carbocycles. The van der Waals surface area contributed by atoms with Crippen LogP contribution in [-0.4, -0.2) is 17.5 Å². The van der Waals surface area contributed by atoms with E-state index in [0.29, 0.717) is 0 Å². The fourth-order valence-electron chi connectivity index (χ4n) is 5.74. The highest BCUT2D eigenvalue weighted by molar-refractivity contribution is 5.31. The molecule has 3 aliphatic rings. The second kappa shape index (κ2) is 8.77. The lowest BCUT2D eigenvalue weighted by Gasteiger charge is -2.35. The average Bonchev–Trinajstić information content (AvgIpc) is 3.37. The highest BCUT2D eigenvalue weighted by atomic mass is 15.2. The smallest absolute Gasteiger partial charge is 0.0287 e. The summed E-state index contributed by atoms with van der Waals surface area (Å²) in [5, 5.41) is 0. The fourth-order valence-corrected chi connectivity index (χ4v) is 5.74. The zero-order valence-corrected chi connectivity index (χ0v) is 16.6. The standard InChI is InChI=1S/C23H41N/c1-4-5-16-24(20-14-8-6-7-9-15-20)22-17-21(22)23-18(2)12-10-11-13-19(23)3/h17-21,23H,4-16H2,1-3H3/t18?,19?,21-,23?/m0/s1. The van der Waals surface area contributed by atoms with Crippen LogP contribution < -0.4 is 0 Å². The molecule has 0 bridgehead atoms. The third-order valence-corrected chi connectivity index (χ3v) is 7.23. The summed E-state index contributed by atoms with van der Waals surface area (Å²) in [6.07, 6.45) is 20.0. The normalized spacial score (nSPS) is 35.0. The Morgan fingerprint density at radius 3 is 2.04 bits per heavy atom. The minimum atomic E-state index is 0.827. The van der Waals surface area contributed by atoms with Gasteiger partial charge >= 0.3 is 0 Å². The first kappa shape index (κ1) is 18.3. The first-order valence-electron chi connectivity index (χ1n) is 11.2. The van der Waals surface area contributed by atoms with Crippen molar-refractivity contribution < 1.29 is 0 Å². The Kier molecular flexibility index (Phi) is 6.70. The molecule has 138 valence electrons. The van der Waals surface area contributed by atoms with E-state index in [4.69, 9.17) is 0 Å². The largest absolute Gasteiger partial charge is 0.372 e. The summed E-state index contributed by atoms with van der Waals surface area (Å²) < 4.78 is 0. The molecule has 0 saturated heterocycles. The molecule has 0 aromatic carbocycles. The van der Waals surface area contributed by atoms with Gasteiger partial charge in [-0.15, -0.1) is 0 Å². The number of rotatable bonds is 6. The van der Waals surface area contributed by atoms with Gasteiger partial charge in [-0.3, -0.25) is 0 Å². The number of unbranched alkanes of at least 4 members (excludes halogenated alkanes) is 1. The fraction of sp³-hybridized carbons (Fsp3) is 0.913. The molecule has 0 aromatic heterocycles. The van der Waals surface area contributed by atoms with Crippen LogP contribution in [-0.2, 0) is 0 Å². The van der Waals surface area contributed by atoms with Gasteiger partial charge < -0.3 is 4.90 Å². The van der Waals surface area contributed by atoms with Gasteiger partial charge in [0.05, 0.1) is 0 Å². The minimum absolute atomic E-state index is 0.827. The summed E-state index contributed by atoms with van der Waals surface area (Å²) in [4.78, 5) is 2.89. The maximum Gasteiger partial charge on any atom is 0.0287 e. The van der Waals surface area contributed by atoms with Gasteiger partial charge in [0.1, 0.15) is 0 Å². The summed E-state index contributed by atoms with van der Waals surface area (Å²) >= 11 is 0. The Balaban J connectivity index is 1.66. The van der Waals surface area contributed by atoms with Crippen molar-refractivity contribution in [3.63, 3.8) is 0 Å². The summed E-state index contributed by atoms with van der Waals surface area (Å²) in [5.74, 6) is 3.59. The van der Waals surface area contributed by atoms with Crippen LogP contribution in [0, 0.1) is 23.7 Å². The molecule has 0 amide bonds. The molecule has 2 unspecified atom stereocenters. The first-order valence-corrected chi connectivity index (χ1v) is 11.2. The van der Waals surface area contributed by atoms with Gasteiger partial charge in [0.15, 0.2) is 0 Å². The molecule has 1 heteroatoms. The summed E-state index contributed by atoms with van der Waals surface area (Å²) in [7, 11) is 0. The molecule has 0 heterocycles. The van der Waals surface area contributed by atoms with Crippen molar-refractivity contribution in [3.8, 4) is 0 Å². The predicted molar refractivity (Wildman–Crippen MR) is 105 cm³/mol. The highest BCUT2D eigenvalue weighted by Gasteiger charge is 2.43. The molecule has 24 heavy (non-hydrogen) atoms. The molecular weight excluding hydrogens is 290 g/mol. The summed E-state index contributed by atoms with van der Waals surface area (Å²) in [6.45, 7) is 8.75. The van der Waals surface area contributed by atoms with Crippen LogP contribution in [0.5, 0.6) is 0 Å². The second-order valence-corrected chi connectivity index (χ2v) is 9.13. The van der Waals surface area contributed by atoms with Crippen LogP contribution in [0.25, 0.3) is 0 Å². The molecular formula is C23H41N. The molecule has 3 rings (SSSR count). The van der Waals surface area contributed by atoms with E-state index < -0.39 is 0 Å². The van der Waals surface area contributed by atoms with E-state index in [-0.39, 0.29) is 0 Å². The lowest BCUT2D eigenvalue weighted by molar-refractivity contribution is 0.185. The monoisotopic (exact) mass is 331 g/mol. The van der Waals surface area contributed by atoms with E-state index in [2.05, 4.69) is 31.7 Å². The maximum absolute atomic E-state index is 2.89. The van der Waals surface area contributed by atoms with Gasteiger partial charge in [0.25, 0.3) is 0 Å². The minimum Gasteiger partial charge on any atom is -0.372 e. The Morgan fingerprint density at radius 2 is 1.46 bits per heavy atom. The topological polar surface area (TPSA) is 3.24 Å². The molecule has 2 fully saturated rings. The number of hydrogen-bond acceptors (Lipinski definition) is 1. The number of hydrogen-bond donors (Lipinski definition) is 0. The number of nitrogens with zero attached hydrogens (tertiary/aromatic N) is 1. The van der Waals surface area contributed by atoms with Gasteiger partial charge in [-0.25, -0.2) is 0 Å². The van der Waals surface area contributed by atoms with Crippen molar-refractivity contribution in [3.05, 3.63) is 11.8 Å². The van der Waals surface area contributed by atoms with E-state index in [1.165, 1.54) is 83.6 Å². The van der Waals surface area contributed by atoms with Crippen molar-refractivity contribution in [2.45, 2.75) is 104 Å². The highest BCUT2D eigenvalue weighted by Crippen LogP contribution is 2.49. The van der Waals surface area contributed by atoms with Crippen LogP contribution in [0.1, 0.15) is 97.8 Å². The third-order valence-electron chi connectivity index (χ3n) is 7.23. The van der Waals surface area contributed by atoms with E-state index >= 15 is 0 Å². The average molecular weight is 332 g/mol. The van der Waals surface area contributed by atoms with Crippen molar-refractivity contribution >= 4 is 0 Å². The lowest BCUT2D eigenvalue weighted by Crippen LogP contribution is -2.35. The number of allylic oxidation sites excluding steroid dienone is 2. The molecule has 0 radical (unpaired) electrons. The van der Waals surface area contributed by atoms with Crippen molar-refractivity contribution in [2.75, 3.05) is 6.54 Å². The van der Waals surface area contributed by atoms with E-state index in [1.54, 1.807) is 5.70 Å². The Morgan fingerprint density at radius 1 is 0.875 bits per heavy atom. The zero-order chi connectivity index (χ0) is 16.9. The quantitative estimate of drug-likeness (QED) is 0.484. The molecule has 3 atom stereocenters. The Hall–Kier alpha value is -0.460. The van der Waals surface area contributed by atoms with Gasteiger partial charge in [-0.1, -0.05) is 84.6 Å². The van der Waals surface area contributed by atoms with E-state index in [1.807, 2.05) is 0 Å². The van der Waals surface area contributed by atoms with Gasteiger partial charge in [0, 0.05) is 24.2 Å². The predicted octanol–water partition coefficient (Wildman–Crippen LogP) is 6.79. The second-order valence-electron chi connectivity index (χ2n) is 9.13. The summed E-state index contributed by atoms with van der Waals surface area (Å²) in [5.41, 5.74) is 1.76. The van der Waals surface area contributed by atoms with Crippen molar-refractivity contribution in [1.82, 2.24) is 4.90 Å². The maximum atomic E-state index is 2.89. The van der Waals surface area contributed by atoms with Crippen LogP contribution in [0.15, 0.2) is 11.8 Å². The zero-order valence-electron chi connectivity index (χ0n) is 16.6. The van der Waals surface area contributed by atoms with Crippen molar-refractivity contribution in [1.29, 1.82) is 0 Å². The Bertz CT molecular complexity index is 392. The van der Waals surface area contributed by atoms with Crippen LogP contribution >= 0.6 is 0 Å². The van der Waals surface area contributed by atoms with Gasteiger partial charge in [-0.2, -0.15) is 0 Å². The molecule has 0 spiro atoms. The molecule has 1 nitrogen and oxygen atoms in total. The van der Waals surface area contributed by atoms with Crippen LogP contribution in [0.4, 0.5) is 0 Å². The molecule has 0 N–H and O–H groups in total. The van der Waals surface area contributed by atoms with Gasteiger partial charge in [-0.05, 0) is 37.0 Å². The van der Waals surface area contributed by atoms with E-state index in [9.17, 15) is 0 Å². The SMILES string of the molecule is CCCCN(C1=C[C@@H]1C1C(C)CCCCC1C)C1CCCCCC1. The van der Waals surface area contributed by atoms with Gasteiger partial charge in [0.2, 0.25) is 0 Å². The Labute approximate surface area is 151 Å². The van der Waals surface area contributed by atoms with Crippen LogP contribution in [0.2, 0.25) is 0 Å². The van der Waals surface area contributed by atoms with Crippen molar-refractivity contribution in [2.24, 2.45) is 23.7 Å². The van der Waals surface area contributed by atoms with E-state index in [0.717, 1.165) is 29.7 Å². The summed E-state index contributed by atoms with van der Waals surface area (Å²) in [6, 6.07) is 0.853. The lowest BCUT2D eigenvalue weighted by atomic mass is 9.78. The molecule has 0 aromatic rings. The molecule has 0 aliphatic heterocycles. The molecule has 3 aliphatic carbocycles. The first-order chi connectivity index (χ1) is 11.7. The third kappa shape index (κ3) is 4.38. The van der Waals surface area contributed by atoms with Crippen LogP contribution in [0.3, 0.4) is 0 Å².